The summed E-state index contributed by atoms with van der Waals surface area (Å²) >= 11 is 0. The molecule has 1 heterocycles. The van der Waals surface area contributed by atoms with Gasteiger partial charge in [0.25, 0.3) is 0 Å². The zero-order valence-corrected chi connectivity index (χ0v) is 11.3. The number of ether oxygens (including phenoxy) is 1. The van der Waals surface area contributed by atoms with Crippen molar-refractivity contribution in [3.05, 3.63) is 35.9 Å². The smallest absolute Gasteiger partial charge is 0.322 e. The van der Waals surface area contributed by atoms with E-state index >= 15 is 0 Å². The Labute approximate surface area is 116 Å². The van der Waals surface area contributed by atoms with Gasteiger partial charge in [0.1, 0.15) is 18.1 Å². The number of benzene rings is 1. The summed E-state index contributed by atoms with van der Waals surface area (Å²) in [6, 6.07) is 9.26. The Hall–Kier alpha value is -2.63. The van der Waals surface area contributed by atoms with E-state index in [1.165, 1.54) is 0 Å². The van der Waals surface area contributed by atoms with Crippen LogP contribution >= 0.6 is 0 Å². The summed E-state index contributed by atoms with van der Waals surface area (Å²) in [7, 11) is 1.60. The van der Waals surface area contributed by atoms with Crippen LogP contribution in [-0.2, 0) is 4.79 Å². The van der Waals surface area contributed by atoms with Crippen molar-refractivity contribution in [2.75, 3.05) is 19.0 Å². The van der Waals surface area contributed by atoms with Gasteiger partial charge in [-0.3, -0.25) is 4.79 Å². The van der Waals surface area contributed by atoms with Crippen LogP contribution in [0.1, 0.15) is 5.56 Å². The van der Waals surface area contributed by atoms with Crippen LogP contribution in [0, 0.1) is 6.92 Å². The molecule has 0 bridgehead atoms. The van der Waals surface area contributed by atoms with Crippen LogP contribution in [0.5, 0.6) is 5.75 Å². The normalized spacial score (nSPS) is 10.1. The molecule has 6 heteroatoms. The second-order valence-corrected chi connectivity index (χ2v) is 4.25. The van der Waals surface area contributed by atoms with Crippen LogP contribution in [-0.4, -0.2) is 34.9 Å². The van der Waals surface area contributed by atoms with Gasteiger partial charge in [-0.2, -0.15) is 0 Å². The van der Waals surface area contributed by atoms with E-state index in [-0.39, 0.29) is 6.54 Å². The maximum atomic E-state index is 10.5. The Bertz CT molecular complexity index is 612. The molecule has 104 valence electrons. The lowest BCUT2D eigenvalue weighted by molar-refractivity contribution is -0.134. The van der Waals surface area contributed by atoms with E-state index in [2.05, 4.69) is 15.5 Å². The molecule has 2 rings (SSSR count). The van der Waals surface area contributed by atoms with Crippen LogP contribution in [0.3, 0.4) is 0 Å². The fourth-order valence-electron chi connectivity index (χ4n) is 1.76. The minimum absolute atomic E-state index is 0.193. The summed E-state index contributed by atoms with van der Waals surface area (Å²) in [5.74, 6) is 0.190. The summed E-state index contributed by atoms with van der Waals surface area (Å²) in [6.45, 7) is 1.79. The molecule has 1 aromatic heterocycles. The van der Waals surface area contributed by atoms with Crippen LogP contribution in [0.2, 0.25) is 0 Å². The molecule has 1 aromatic carbocycles. The molecule has 0 spiro atoms. The number of methoxy groups -OCH3 is 1. The first-order valence-corrected chi connectivity index (χ1v) is 6.04. The van der Waals surface area contributed by atoms with E-state index in [1.54, 1.807) is 19.2 Å². The van der Waals surface area contributed by atoms with Crippen LogP contribution < -0.4 is 10.1 Å². The number of rotatable bonds is 5. The Kier molecular flexibility index (Phi) is 4.14. The molecule has 0 aliphatic carbocycles. The molecule has 0 unspecified atom stereocenters. The SMILES string of the molecule is COc1ccc(C)cc1-c1ccc(NCC(=O)O)nn1. The van der Waals surface area contributed by atoms with E-state index in [0.717, 1.165) is 16.9 Å². The summed E-state index contributed by atoms with van der Waals surface area (Å²) in [5, 5.41) is 19.3. The monoisotopic (exact) mass is 273 g/mol. The number of aromatic nitrogens is 2. The molecule has 0 atom stereocenters. The molecule has 0 amide bonds. The molecule has 0 aliphatic rings. The van der Waals surface area contributed by atoms with Gasteiger partial charge in [0, 0.05) is 5.56 Å². The fraction of sp³-hybridized carbons (Fsp3) is 0.214. The number of anilines is 1. The number of nitrogens with zero attached hydrogens (tertiary/aromatic N) is 2. The summed E-state index contributed by atoms with van der Waals surface area (Å²) in [5.41, 5.74) is 2.62. The Balaban J connectivity index is 2.25. The summed E-state index contributed by atoms with van der Waals surface area (Å²) < 4.78 is 5.30. The number of nitrogens with one attached hydrogen (secondary N) is 1. The van der Waals surface area contributed by atoms with Crippen molar-refractivity contribution in [2.24, 2.45) is 0 Å². The molecular weight excluding hydrogens is 258 g/mol. The third kappa shape index (κ3) is 3.23. The zero-order chi connectivity index (χ0) is 14.5. The fourth-order valence-corrected chi connectivity index (χ4v) is 1.76. The maximum Gasteiger partial charge on any atom is 0.322 e. The van der Waals surface area contributed by atoms with Gasteiger partial charge in [-0.25, -0.2) is 0 Å². The lowest BCUT2D eigenvalue weighted by Gasteiger charge is -2.09. The first-order chi connectivity index (χ1) is 9.60. The predicted octanol–water partition coefficient (Wildman–Crippen LogP) is 1.96. The molecule has 0 saturated heterocycles. The van der Waals surface area contributed by atoms with Crippen molar-refractivity contribution in [1.82, 2.24) is 10.2 Å². The number of aryl methyl sites for hydroxylation is 1. The van der Waals surface area contributed by atoms with Crippen LogP contribution in [0.25, 0.3) is 11.3 Å². The number of carboxylic acids is 1. The highest BCUT2D eigenvalue weighted by Gasteiger charge is 2.08. The molecule has 0 aliphatic heterocycles. The minimum Gasteiger partial charge on any atom is -0.496 e. The quantitative estimate of drug-likeness (QED) is 0.866. The van der Waals surface area contributed by atoms with Gasteiger partial charge < -0.3 is 15.2 Å². The number of hydrogen-bond donors (Lipinski definition) is 2. The average Bonchev–Trinajstić information content (AvgIpc) is 2.45. The Morgan fingerprint density at radius 1 is 1.30 bits per heavy atom. The van der Waals surface area contributed by atoms with E-state index < -0.39 is 5.97 Å². The first-order valence-electron chi connectivity index (χ1n) is 6.04. The molecule has 2 N–H and O–H groups in total. The van der Waals surface area contributed by atoms with Crippen molar-refractivity contribution in [3.8, 4) is 17.0 Å². The predicted molar refractivity (Wildman–Crippen MR) is 74.9 cm³/mol. The van der Waals surface area contributed by atoms with Crippen molar-refractivity contribution in [3.63, 3.8) is 0 Å². The highest BCUT2D eigenvalue weighted by Crippen LogP contribution is 2.29. The molecular formula is C14H15N3O3. The highest BCUT2D eigenvalue weighted by molar-refractivity contribution is 5.72. The average molecular weight is 273 g/mol. The third-order valence-electron chi connectivity index (χ3n) is 2.72. The van der Waals surface area contributed by atoms with Crippen LogP contribution in [0.15, 0.2) is 30.3 Å². The first kappa shape index (κ1) is 13.8. The lowest BCUT2D eigenvalue weighted by Crippen LogP contribution is -2.13. The Morgan fingerprint density at radius 3 is 2.70 bits per heavy atom. The van der Waals surface area contributed by atoms with E-state index in [1.807, 2.05) is 25.1 Å². The number of aliphatic carboxylic acids is 1. The van der Waals surface area contributed by atoms with Gasteiger partial charge >= 0.3 is 5.97 Å². The van der Waals surface area contributed by atoms with Gasteiger partial charge in [-0.05, 0) is 31.2 Å². The van der Waals surface area contributed by atoms with Crippen LogP contribution in [0.4, 0.5) is 5.82 Å². The van der Waals surface area contributed by atoms with E-state index in [0.29, 0.717) is 11.5 Å². The summed E-state index contributed by atoms with van der Waals surface area (Å²) in [6.07, 6.45) is 0. The second-order valence-electron chi connectivity index (χ2n) is 4.25. The van der Waals surface area contributed by atoms with Gasteiger partial charge in [0.15, 0.2) is 0 Å². The second kappa shape index (κ2) is 6.01. The van der Waals surface area contributed by atoms with Gasteiger partial charge in [-0.15, -0.1) is 10.2 Å². The number of carboxylic acid groups (broad SMARTS) is 1. The van der Waals surface area contributed by atoms with Crippen molar-refractivity contribution in [2.45, 2.75) is 6.92 Å². The summed E-state index contributed by atoms with van der Waals surface area (Å²) in [4.78, 5) is 10.5. The molecule has 0 saturated carbocycles. The van der Waals surface area contributed by atoms with Crippen molar-refractivity contribution >= 4 is 11.8 Å². The third-order valence-corrected chi connectivity index (χ3v) is 2.72. The molecule has 6 nitrogen and oxygen atoms in total. The standard InChI is InChI=1S/C14H15N3O3/c1-9-3-5-12(20-2)10(7-9)11-4-6-13(17-16-11)15-8-14(18)19/h3-7H,8H2,1-2H3,(H,15,17)(H,18,19). The largest absolute Gasteiger partial charge is 0.496 e. The van der Waals surface area contributed by atoms with E-state index in [9.17, 15) is 4.79 Å². The van der Waals surface area contributed by atoms with E-state index in [4.69, 9.17) is 9.84 Å². The molecule has 0 fully saturated rings. The van der Waals surface area contributed by atoms with Crippen molar-refractivity contribution in [1.29, 1.82) is 0 Å². The maximum absolute atomic E-state index is 10.5. The van der Waals surface area contributed by atoms with Gasteiger partial charge in [0.2, 0.25) is 0 Å². The van der Waals surface area contributed by atoms with Gasteiger partial charge in [0.05, 0.1) is 12.8 Å². The Morgan fingerprint density at radius 2 is 2.10 bits per heavy atom. The van der Waals surface area contributed by atoms with Gasteiger partial charge in [-0.1, -0.05) is 11.6 Å². The number of hydrogen-bond acceptors (Lipinski definition) is 5. The zero-order valence-electron chi connectivity index (χ0n) is 11.3. The molecule has 2 aromatic rings. The molecule has 0 radical (unpaired) electrons. The highest BCUT2D eigenvalue weighted by atomic mass is 16.5. The lowest BCUT2D eigenvalue weighted by atomic mass is 10.1. The number of carbonyl (C=O) groups is 1. The molecule has 20 heavy (non-hydrogen) atoms. The topological polar surface area (TPSA) is 84.3 Å². The van der Waals surface area contributed by atoms with Crippen molar-refractivity contribution < 1.29 is 14.6 Å². The minimum atomic E-state index is -0.948.